The summed E-state index contributed by atoms with van der Waals surface area (Å²) in [5.74, 6) is -5.77. The molecule has 85 heavy (non-hydrogen) atoms. The third kappa shape index (κ3) is 20.0. The van der Waals surface area contributed by atoms with Crippen LogP contribution in [0.15, 0.2) is 60.2 Å². The van der Waals surface area contributed by atoms with Gasteiger partial charge in [-0.25, -0.2) is 19.2 Å². The highest BCUT2D eigenvalue weighted by molar-refractivity contribution is 7.80. The van der Waals surface area contributed by atoms with Crippen LogP contribution in [-0.4, -0.2) is 164 Å². The van der Waals surface area contributed by atoms with Crippen LogP contribution in [0.1, 0.15) is 85.1 Å². The predicted molar refractivity (Wildman–Crippen MR) is 313 cm³/mol. The number of nitrogens with two attached hydrogens (primary N) is 1. The lowest BCUT2D eigenvalue weighted by molar-refractivity contribution is -0.198. The lowest BCUT2D eigenvalue weighted by Gasteiger charge is -2.43. The summed E-state index contributed by atoms with van der Waals surface area (Å²) in [6, 6.07) is 6.44. The van der Waals surface area contributed by atoms with Crippen LogP contribution in [0.3, 0.4) is 0 Å². The Balaban J connectivity index is 1.26. The van der Waals surface area contributed by atoms with Gasteiger partial charge in [0.05, 0.1) is 45.0 Å². The summed E-state index contributed by atoms with van der Waals surface area (Å²) >= 11 is 12.2. The molecule has 3 heterocycles. The maximum atomic E-state index is 14.3. The first-order valence-electron chi connectivity index (χ1n) is 27.5. The topological polar surface area (TPSA) is 366 Å². The molecule has 3 aliphatic heterocycles. The molecule has 9 atom stereocenters. The molecule has 0 aromatic heterocycles. The van der Waals surface area contributed by atoms with Gasteiger partial charge in [-0.05, 0) is 86.3 Å². The first-order valence-corrected chi connectivity index (χ1v) is 28.3. The largest absolute Gasteiger partial charge is 0.495 e. The van der Waals surface area contributed by atoms with Gasteiger partial charge in [0.15, 0.2) is 10.8 Å². The van der Waals surface area contributed by atoms with Crippen molar-refractivity contribution >= 4 is 99.7 Å². The molecule has 466 valence electrons. The number of allylic oxidation sites excluding steroid dienone is 3. The average molecular weight is 1230 g/mol. The van der Waals surface area contributed by atoms with Crippen molar-refractivity contribution in [2.24, 2.45) is 23.5 Å². The van der Waals surface area contributed by atoms with Crippen molar-refractivity contribution in [3.05, 3.63) is 70.8 Å². The highest BCUT2D eigenvalue weighted by Gasteiger charge is 2.49. The molecule has 29 heteroatoms. The Labute approximate surface area is 502 Å². The molecule has 2 aromatic carbocycles. The zero-order valence-electron chi connectivity index (χ0n) is 48.7. The van der Waals surface area contributed by atoms with E-state index in [9.17, 15) is 53.4 Å². The van der Waals surface area contributed by atoms with Crippen LogP contribution in [0.4, 0.5) is 31.4 Å². The molecular weight excluding hydrogens is 1150 g/mol. The number of imide groups is 1. The number of fused-ring (bicyclic) bond motifs is 4. The molecule has 0 unspecified atom stereocenters. The zero-order chi connectivity index (χ0) is 62.7. The van der Waals surface area contributed by atoms with Gasteiger partial charge in [-0.15, -0.1) is 5.06 Å². The van der Waals surface area contributed by atoms with Crippen LogP contribution in [0, 0.1) is 17.8 Å². The number of methoxy groups -OCH3 is 2. The lowest BCUT2D eigenvalue weighted by atomic mass is 9.81. The van der Waals surface area contributed by atoms with Crippen LogP contribution < -0.4 is 52.6 Å². The number of hydroxylamine groups is 2. The number of thiocarbonyl (C=S) groups is 1. The van der Waals surface area contributed by atoms with E-state index in [0.29, 0.717) is 22.9 Å². The number of carbonyl (C=O) groups is 9. The number of aliphatic hydroxyl groups excluding tert-OH is 1. The number of ether oxygens (including phenoxy) is 5. The number of amides is 9. The summed E-state index contributed by atoms with van der Waals surface area (Å²) < 4.78 is 28.2. The number of rotatable bonds is 21. The summed E-state index contributed by atoms with van der Waals surface area (Å²) in [7, 11) is 4.31. The van der Waals surface area contributed by atoms with E-state index in [0.717, 1.165) is 11.1 Å². The van der Waals surface area contributed by atoms with Gasteiger partial charge in [-0.2, -0.15) is 0 Å². The summed E-state index contributed by atoms with van der Waals surface area (Å²) in [6.45, 7) is 8.80. The molecule has 9 amide bonds. The van der Waals surface area contributed by atoms with Gasteiger partial charge in [0.1, 0.15) is 41.2 Å². The summed E-state index contributed by atoms with van der Waals surface area (Å²) in [4.78, 5) is 122. The van der Waals surface area contributed by atoms with Crippen molar-refractivity contribution < 1.29 is 81.9 Å². The maximum absolute atomic E-state index is 14.3. The minimum atomic E-state index is -1.97. The Morgan fingerprint density at radius 3 is 2.24 bits per heavy atom. The second-order valence-electron chi connectivity index (χ2n) is 21.1. The van der Waals surface area contributed by atoms with E-state index in [1.165, 1.54) is 50.4 Å². The van der Waals surface area contributed by atoms with Gasteiger partial charge in [0.2, 0.25) is 17.7 Å². The van der Waals surface area contributed by atoms with E-state index in [2.05, 4.69) is 37.2 Å². The highest BCUT2D eigenvalue weighted by atomic mass is 35.5. The van der Waals surface area contributed by atoms with Crippen LogP contribution >= 0.6 is 23.8 Å². The summed E-state index contributed by atoms with van der Waals surface area (Å²) in [5, 5.41) is 43.4. The van der Waals surface area contributed by atoms with Gasteiger partial charge >= 0.3 is 24.2 Å². The number of nitrogens with one attached hydrogen (secondary N) is 7. The number of hydrogen-bond acceptors (Lipinski definition) is 18. The average Bonchev–Trinajstić information content (AvgIpc) is 3.95. The number of halogens is 1. The van der Waals surface area contributed by atoms with Crippen molar-refractivity contribution in [1.82, 2.24) is 31.6 Å². The zero-order valence-corrected chi connectivity index (χ0v) is 50.2. The third-order valence-electron chi connectivity index (χ3n) is 14.3. The van der Waals surface area contributed by atoms with Crippen molar-refractivity contribution in [1.29, 1.82) is 0 Å². The number of aliphatic hydroxyl groups is 2. The van der Waals surface area contributed by atoms with E-state index >= 15 is 0 Å². The Kier molecular flexibility index (Phi) is 25.7. The number of urea groups is 1. The maximum Gasteiger partial charge on any atom is 0.411 e. The summed E-state index contributed by atoms with van der Waals surface area (Å²) in [6.07, 6.45) is -2.13. The molecule has 27 nitrogen and oxygen atoms in total. The standard InChI is InChI=1S/C56H77ClN10O17S/c1-30(2)48(64-53(85)60-22-24-81-23-20-46(71)84-67-43(68)18-19-44(67)69)51(74)63-37(12-10-21-59-52(58)75)50(73)61-35-14-16-36(17-15-35)62-54(76)82-39-28-45(70)66(6)38-26-34(27-40(79-7)47(38)57)25-31(3)11-9-13-42(80-8)56(78)29-41(83-55(77)65-56)33(5)49(72)32(39)4/h9,11,13-17,26-27,30,32-33,37,39,41-42,48-49,72,78H,10,12,18-25,28-29H2,1-8H3,(H,61,73)(H,62,76)(H,63,74)(H,65,77)(H3,58,59,75)(H2,60,64,85)/b13-9+,31-11+/t32-,33-,37+,39+,41+,42-,48+,49-,56+/m1/s1. The van der Waals surface area contributed by atoms with Crippen LogP contribution in [0.25, 0.3) is 0 Å². The molecule has 3 aliphatic rings. The van der Waals surface area contributed by atoms with E-state index in [1.807, 2.05) is 6.92 Å². The van der Waals surface area contributed by atoms with Crippen LogP contribution in [0.5, 0.6) is 5.75 Å². The SMILES string of the molecule is COc1cc2cc(c1Cl)N(C)C(=O)C[C@H](OC(=O)Nc1ccc(NC(=O)[C@H](CCCNC(N)=O)NC(=O)[C@@H](NC(=S)NCCOCCC(=O)ON3C(=O)CCC3=O)C(C)C)cc1)[C@@H](C)[C@@H](O)[C@H](C)[C@@H]1C[C@@](O)(NC(=O)O1)[C@H](OC)/C=C/C=C(\C)C2. The quantitative estimate of drug-likeness (QED) is 0.0485. The number of alkyl carbamates (subject to hydrolysis) is 1. The normalized spacial score (nSPS) is 23.6. The van der Waals surface area contributed by atoms with E-state index in [1.54, 1.807) is 58.1 Å². The Bertz CT molecular complexity index is 2810. The van der Waals surface area contributed by atoms with Gasteiger partial charge in [-0.3, -0.25) is 34.6 Å². The van der Waals surface area contributed by atoms with Gasteiger partial charge in [0, 0.05) is 69.7 Å². The van der Waals surface area contributed by atoms with Crippen molar-refractivity contribution in [2.45, 2.75) is 128 Å². The number of anilines is 3. The van der Waals surface area contributed by atoms with Crippen LogP contribution in [-0.2, 0) is 59.0 Å². The third-order valence-corrected chi connectivity index (χ3v) is 14.9. The molecule has 5 rings (SSSR count). The summed E-state index contributed by atoms with van der Waals surface area (Å²) in [5.41, 5.74) is 5.59. The van der Waals surface area contributed by atoms with Gasteiger partial charge in [-0.1, -0.05) is 63.1 Å². The Morgan fingerprint density at radius 1 is 0.929 bits per heavy atom. The molecule has 0 spiro atoms. The van der Waals surface area contributed by atoms with E-state index in [-0.39, 0.29) is 92.3 Å². The molecule has 2 aromatic rings. The molecule has 0 aliphatic carbocycles. The first kappa shape index (κ1) is 68.2. The van der Waals surface area contributed by atoms with Gasteiger partial charge in [0.25, 0.3) is 11.8 Å². The Hall–Kier alpha value is -7.63. The second-order valence-corrected chi connectivity index (χ2v) is 21.9. The number of benzene rings is 2. The first-order chi connectivity index (χ1) is 40.2. The van der Waals surface area contributed by atoms with E-state index in [4.69, 9.17) is 58.1 Å². The number of hydrogen-bond donors (Lipinski definition) is 10. The molecule has 0 saturated carbocycles. The smallest absolute Gasteiger partial charge is 0.411 e. The lowest BCUT2D eigenvalue weighted by Crippen LogP contribution is -2.64. The molecule has 2 fully saturated rings. The minimum Gasteiger partial charge on any atom is -0.495 e. The monoisotopic (exact) mass is 1230 g/mol. The number of primary amides is 1. The van der Waals surface area contributed by atoms with Crippen molar-refractivity contribution in [3.63, 3.8) is 0 Å². The molecule has 2 saturated heterocycles. The molecule has 0 radical (unpaired) electrons. The predicted octanol–water partition coefficient (Wildman–Crippen LogP) is 3.59. The molecule has 4 bridgehead atoms. The number of nitrogens with zero attached hydrogens (tertiary/aromatic N) is 2. The highest BCUT2D eigenvalue weighted by Crippen LogP contribution is 2.38. The molecular formula is C56H77ClN10O17S. The second kappa shape index (κ2) is 32.0. The van der Waals surface area contributed by atoms with Gasteiger partial charge < -0.3 is 76.0 Å². The van der Waals surface area contributed by atoms with Crippen LogP contribution in [0.2, 0.25) is 5.02 Å². The Morgan fingerprint density at radius 2 is 1.60 bits per heavy atom. The fourth-order valence-electron chi connectivity index (χ4n) is 9.41. The molecule has 11 N–H and O–H groups in total. The number of carbonyl (C=O) groups excluding carboxylic acids is 9. The fourth-order valence-corrected chi connectivity index (χ4v) is 9.96. The van der Waals surface area contributed by atoms with Crippen molar-refractivity contribution in [2.75, 3.05) is 63.1 Å². The van der Waals surface area contributed by atoms with Crippen molar-refractivity contribution in [3.8, 4) is 5.75 Å². The fraction of sp³-hybridized carbons (Fsp3) is 0.536. The minimum absolute atomic E-state index is 0.0303. The van der Waals surface area contributed by atoms with E-state index < -0.39 is 114 Å².